The number of carboxylic acid groups (broad SMARTS) is 1. The molecule has 2 saturated heterocycles. The van der Waals surface area contributed by atoms with E-state index in [0.717, 1.165) is 44.7 Å². The summed E-state index contributed by atoms with van der Waals surface area (Å²) in [5.41, 5.74) is 0.489. The van der Waals surface area contributed by atoms with Gasteiger partial charge >= 0.3 is 11.9 Å². The predicted octanol–water partition coefficient (Wildman–Crippen LogP) is 7.42. The number of nitrogens with zero attached hydrogens (tertiary/aromatic N) is 2. The van der Waals surface area contributed by atoms with E-state index < -0.39 is 11.9 Å². The molecule has 7 nitrogen and oxygen atoms in total. The summed E-state index contributed by atoms with van der Waals surface area (Å²) < 4.78 is 6.24. The highest BCUT2D eigenvalue weighted by Crippen LogP contribution is 2.72. The molecule has 0 bridgehead atoms. The first-order valence-corrected chi connectivity index (χ1v) is 20.4. The smallest absolute Gasteiger partial charge is 0.309 e. The van der Waals surface area contributed by atoms with Crippen molar-refractivity contribution in [3.63, 3.8) is 0 Å². The lowest BCUT2D eigenvalue weighted by atomic mass is 9.37. The number of carbonyl (C=O) groups excluding carboxylic acids is 2. The molecule has 0 spiro atoms. The van der Waals surface area contributed by atoms with Gasteiger partial charge in [-0.2, -0.15) is 0 Å². The number of hydrogen-bond acceptors (Lipinski definition) is 5. The molecule has 8 fully saturated rings. The van der Waals surface area contributed by atoms with Crippen LogP contribution in [-0.4, -0.2) is 71.1 Å². The van der Waals surface area contributed by atoms with Crippen LogP contribution in [0.15, 0.2) is 0 Å². The largest absolute Gasteiger partial charge is 0.481 e. The third-order valence-corrected chi connectivity index (χ3v) is 17.4. The van der Waals surface area contributed by atoms with Crippen molar-refractivity contribution in [1.29, 1.82) is 0 Å². The minimum Gasteiger partial charge on any atom is -0.481 e. The third kappa shape index (κ3) is 4.99. The third-order valence-electron chi connectivity index (χ3n) is 17.4. The molecule has 8 aliphatic rings. The summed E-state index contributed by atoms with van der Waals surface area (Å²) in [6.07, 6.45) is 18.5. The van der Waals surface area contributed by atoms with E-state index in [1.807, 2.05) is 6.92 Å². The molecular weight excluding hydrogens is 600 g/mol. The van der Waals surface area contributed by atoms with E-state index >= 15 is 0 Å². The van der Waals surface area contributed by atoms with Crippen molar-refractivity contribution in [3.8, 4) is 0 Å². The number of rotatable bonds is 6. The molecule has 0 aromatic rings. The Kier molecular flexibility index (Phi) is 8.56. The number of ether oxygens (including phenoxy) is 1. The summed E-state index contributed by atoms with van der Waals surface area (Å²) in [6, 6.07) is 0.433. The molecule has 48 heavy (non-hydrogen) atoms. The van der Waals surface area contributed by atoms with Gasteiger partial charge in [-0.3, -0.25) is 14.4 Å². The molecule has 0 aromatic heterocycles. The number of fused-ring (bicyclic) bond motifs is 7. The van der Waals surface area contributed by atoms with Crippen molar-refractivity contribution < 1.29 is 24.2 Å². The molecule has 2 aliphatic heterocycles. The van der Waals surface area contributed by atoms with Crippen LogP contribution in [0.25, 0.3) is 0 Å². The van der Waals surface area contributed by atoms with Gasteiger partial charge in [-0.15, -0.1) is 0 Å². The highest BCUT2D eigenvalue weighted by Gasteiger charge is 2.66. The molecule has 8 rings (SSSR count). The monoisotopic (exact) mass is 664 g/mol. The Morgan fingerprint density at radius 3 is 2.21 bits per heavy atom. The van der Waals surface area contributed by atoms with Crippen LogP contribution < -0.4 is 0 Å². The number of hydrogen-bond donors (Lipinski definition) is 1. The fraction of sp³-hybridized carbons (Fsp3) is 0.927. The van der Waals surface area contributed by atoms with Crippen LogP contribution >= 0.6 is 0 Å². The van der Waals surface area contributed by atoms with Gasteiger partial charge < -0.3 is 19.6 Å². The van der Waals surface area contributed by atoms with Gasteiger partial charge in [-0.05, 0) is 162 Å². The molecule has 1 amide bonds. The Morgan fingerprint density at radius 2 is 1.46 bits per heavy atom. The minimum absolute atomic E-state index is 0.0490. The number of esters is 1. The highest BCUT2D eigenvalue weighted by molar-refractivity contribution is 5.84. The Labute approximate surface area is 289 Å². The Morgan fingerprint density at radius 1 is 0.729 bits per heavy atom. The van der Waals surface area contributed by atoms with Crippen molar-refractivity contribution in [3.05, 3.63) is 0 Å². The molecule has 2 heterocycles. The predicted molar refractivity (Wildman–Crippen MR) is 185 cm³/mol. The summed E-state index contributed by atoms with van der Waals surface area (Å²) in [6.45, 7) is 14.0. The van der Waals surface area contributed by atoms with Gasteiger partial charge in [0, 0.05) is 19.1 Å². The molecule has 14 atom stereocenters. The van der Waals surface area contributed by atoms with E-state index in [9.17, 15) is 19.5 Å². The molecule has 1 N–H and O–H groups in total. The minimum atomic E-state index is -0.787. The number of likely N-dealkylation sites (tertiary alicyclic amines) is 2. The van der Waals surface area contributed by atoms with Crippen molar-refractivity contribution in [2.75, 3.05) is 26.2 Å². The zero-order chi connectivity index (χ0) is 33.6. The number of aliphatic carboxylic acids is 1. The Bertz CT molecular complexity index is 1280. The molecular formula is C41H64N2O5. The molecule has 0 aromatic carbocycles. The Balaban J connectivity index is 0.953. The summed E-state index contributed by atoms with van der Waals surface area (Å²) in [5.74, 6) is 2.38. The maximum Gasteiger partial charge on any atom is 0.309 e. The van der Waals surface area contributed by atoms with Gasteiger partial charge in [0.15, 0.2) is 0 Å². The molecule has 7 heteroatoms. The highest BCUT2D eigenvalue weighted by atomic mass is 16.5. The molecule has 268 valence electrons. The molecule has 0 radical (unpaired) electrons. The van der Waals surface area contributed by atoms with Gasteiger partial charge in [-0.25, -0.2) is 0 Å². The summed E-state index contributed by atoms with van der Waals surface area (Å²) >= 11 is 0. The quantitative estimate of drug-likeness (QED) is 0.298. The summed E-state index contributed by atoms with van der Waals surface area (Å²) in [7, 11) is 0. The van der Waals surface area contributed by atoms with Crippen LogP contribution in [0, 0.1) is 69.5 Å². The fourth-order valence-electron chi connectivity index (χ4n) is 14.8. The van der Waals surface area contributed by atoms with Crippen LogP contribution in [0.5, 0.6) is 0 Å². The van der Waals surface area contributed by atoms with E-state index in [0.29, 0.717) is 53.4 Å². The van der Waals surface area contributed by atoms with E-state index in [2.05, 4.69) is 30.6 Å². The average molecular weight is 665 g/mol. The van der Waals surface area contributed by atoms with Gasteiger partial charge in [0.25, 0.3) is 0 Å². The van der Waals surface area contributed by atoms with Crippen LogP contribution in [0.1, 0.15) is 130 Å². The average Bonchev–Trinajstić information content (AvgIpc) is 3.83. The van der Waals surface area contributed by atoms with E-state index in [4.69, 9.17) is 4.74 Å². The zero-order valence-electron chi connectivity index (χ0n) is 30.5. The molecule has 6 aliphatic carbocycles. The van der Waals surface area contributed by atoms with Crippen molar-refractivity contribution in [2.24, 2.45) is 69.5 Å². The van der Waals surface area contributed by atoms with Crippen molar-refractivity contribution >= 4 is 17.8 Å². The normalized spacial score (nSPS) is 50.1. The van der Waals surface area contributed by atoms with E-state index in [-0.39, 0.29) is 34.7 Å². The zero-order valence-corrected chi connectivity index (χ0v) is 30.5. The van der Waals surface area contributed by atoms with E-state index in [1.165, 1.54) is 83.7 Å². The number of carboxylic acids is 1. The topological polar surface area (TPSA) is 87.1 Å². The summed E-state index contributed by atoms with van der Waals surface area (Å²) in [5, 5.41) is 9.42. The molecule has 6 saturated carbocycles. The van der Waals surface area contributed by atoms with Gasteiger partial charge in [-0.1, -0.05) is 34.1 Å². The standard InChI is InChI=1S/C41H64N2O5/c1-25-29(36(44)45)23-30(25)37(46)48-34-15-18-39(3)31(26(34)2)13-17-40(4)32-14-19-41(16-7-10-33(41)28(32)11-12-35(39)40)38(47)43-22-8-9-27(43)24-42-20-5-6-21-42/h25-35H,5-24H2,1-4H3,(H,44,45). The first kappa shape index (κ1) is 33.5. The second-order valence-corrected chi connectivity index (χ2v) is 19.1. The van der Waals surface area contributed by atoms with Gasteiger partial charge in [0.1, 0.15) is 6.10 Å². The fourth-order valence-corrected chi connectivity index (χ4v) is 14.8. The van der Waals surface area contributed by atoms with Crippen LogP contribution in [-0.2, 0) is 19.1 Å². The van der Waals surface area contributed by atoms with E-state index in [1.54, 1.807) is 0 Å². The first-order chi connectivity index (χ1) is 23.0. The lowest BCUT2D eigenvalue weighted by Gasteiger charge is -2.67. The SMILES string of the molecule is CC1C(C(=O)O)CC1C(=O)OC1CCC2(C)C(CCC3(C)C4CCC5(C(=O)N6CCCC6CN6CCCC6)CCCC5C4CCC23)C1C. The second kappa shape index (κ2) is 12.3. The summed E-state index contributed by atoms with van der Waals surface area (Å²) in [4.78, 5) is 44.5. The lowest BCUT2D eigenvalue weighted by Crippen LogP contribution is -2.62. The molecule has 14 unspecified atom stereocenters. The number of amides is 1. The first-order valence-electron chi connectivity index (χ1n) is 20.4. The van der Waals surface area contributed by atoms with Gasteiger partial charge in [0.05, 0.1) is 17.3 Å². The van der Waals surface area contributed by atoms with Crippen LogP contribution in [0.2, 0.25) is 0 Å². The number of carbonyl (C=O) groups is 3. The maximum absolute atomic E-state index is 14.8. The maximum atomic E-state index is 14.8. The van der Waals surface area contributed by atoms with Crippen LogP contribution in [0.4, 0.5) is 0 Å². The van der Waals surface area contributed by atoms with Crippen LogP contribution in [0.3, 0.4) is 0 Å². The van der Waals surface area contributed by atoms with Gasteiger partial charge in [0.2, 0.25) is 5.91 Å². The lowest BCUT2D eigenvalue weighted by molar-refractivity contribution is -0.206. The Hall–Kier alpha value is -1.63. The van der Waals surface area contributed by atoms with Crippen molar-refractivity contribution in [1.82, 2.24) is 9.80 Å². The second-order valence-electron chi connectivity index (χ2n) is 19.1. The van der Waals surface area contributed by atoms with Crippen molar-refractivity contribution in [2.45, 2.75) is 143 Å².